The van der Waals surface area contributed by atoms with Gasteiger partial charge in [-0.05, 0) is 25.6 Å². The lowest BCUT2D eigenvalue weighted by Gasteiger charge is -2.04. The van der Waals surface area contributed by atoms with E-state index in [9.17, 15) is 0 Å². The maximum absolute atomic E-state index is 4.39. The van der Waals surface area contributed by atoms with E-state index in [4.69, 9.17) is 0 Å². The molecule has 1 aliphatic rings. The molecule has 0 radical (unpaired) electrons. The fourth-order valence-electron chi connectivity index (χ4n) is 1.69. The van der Waals surface area contributed by atoms with E-state index in [-0.39, 0.29) is 24.8 Å². The lowest BCUT2D eigenvalue weighted by molar-refractivity contribution is 0.792. The summed E-state index contributed by atoms with van der Waals surface area (Å²) < 4.78 is 0. The number of aliphatic imine (C=N–C) groups is 1. The minimum absolute atomic E-state index is 0. The van der Waals surface area contributed by atoms with Gasteiger partial charge in [-0.3, -0.25) is 4.99 Å². The average molecular weight is 276 g/mol. The molecule has 0 unspecified atom stereocenters. The number of nitrogens with zero attached hydrogens (tertiary/aromatic N) is 1. The van der Waals surface area contributed by atoms with Gasteiger partial charge in [-0.15, -0.1) is 24.8 Å². The van der Waals surface area contributed by atoms with Crippen molar-refractivity contribution in [2.75, 3.05) is 26.7 Å². The predicted molar refractivity (Wildman–Crippen MR) is 78.0 cm³/mol. The Morgan fingerprint density at radius 1 is 1.24 bits per heavy atom. The average Bonchev–Trinajstić information content (AvgIpc) is 2.80. The van der Waals surface area contributed by atoms with Crippen LogP contribution < -0.4 is 10.6 Å². The Bertz CT molecular complexity index is 349. The highest BCUT2D eigenvalue weighted by molar-refractivity contribution is 5.99. The molecule has 0 atom stereocenters. The van der Waals surface area contributed by atoms with Gasteiger partial charge in [-0.1, -0.05) is 24.3 Å². The maximum Gasteiger partial charge on any atom is 0.128 e. The van der Waals surface area contributed by atoms with E-state index < -0.39 is 0 Å². The molecule has 0 saturated heterocycles. The first-order chi connectivity index (χ1) is 7.40. The Balaban J connectivity index is 0.00000128. The maximum atomic E-state index is 4.39. The Labute approximate surface area is 115 Å². The van der Waals surface area contributed by atoms with Gasteiger partial charge in [0.05, 0.1) is 6.54 Å². The van der Waals surface area contributed by atoms with Gasteiger partial charge >= 0.3 is 0 Å². The van der Waals surface area contributed by atoms with Crippen LogP contribution in [-0.4, -0.2) is 32.5 Å². The van der Waals surface area contributed by atoms with E-state index in [2.05, 4.69) is 39.9 Å². The van der Waals surface area contributed by atoms with Gasteiger partial charge in [0.25, 0.3) is 0 Å². The number of likely N-dealkylation sites (N-methyl/N-ethyl adjacent to an activating group) is 1. The monoisotopic (exact) mass is 275 g/mol. The van der Waals surface area contributed by atoms with Gasteiger partial charge in [0, 0.05) is 12.1 Å². The van der Waals surface area contributed by atoms with E-state index >= 15 is 0 Å². The SMILES string of the molecule is CNCCc1ccc(C2=NCCN2)cc1.Cl.Cl. The third-order valence-electron chi connectivity index (χ3n) is 2.57. The molecule has 0 aliphatic carbocycles. The zero-order valence-corrected chi connectivity index (χ0v) is 11.5. The highest BCUT2D eigenvalue weighted by Gasteiger charge is 2.06. The molecule has 17 heavy (non-hydrogen) atoms. The Kier molecular flexibility index (Phi) is 7.96. The molecule has 1 aromatic carbocycles. The van der Waals surface area contributed by atoms with Crippen LogP contribution in [0, 0.1) is 0 Å². The first-order valence-corrected chi connectivity index (χ1v) is 5.42. The fourth-order valence-corrected chi connectivity index (χ4v) is 1.69. The summed E-state index contributed by atoms with van der Waals surface area (Å²) in [6.45, 7) is 2.90. The first-order valence-electron chi connectivity index (χ1n) is 5.42. The molecule has 5 heteroatoms. The molecule has 2 N–H and O–H groups in total. The van der Waals surface area contributed by atoms with Crippen LogP contribution in [0.5, 0.6) is 0 Å². The van der Waals surface area contributed by atoms with E-state index in [1.54, 1.807) is 0 Å². The highest BCUT2D eigenvalue weighted by Crippen LogP contribution is 2.07. The summed E-state index contributed by atoms with van der Waals surface area (Å²) >= 11 is 0. The van der Waals surface area contributed by atoms with Gasteiger partial charge in [0.1, 0.15) is 5.84 Å². The minimum atomic E-state index is 0. The Morgan fingerprint density at radius 3 is 2.47 bits per heavy atom. The van der Waals surface area contributed by atoms with Crippen LogP contribution in [0.2, 0.25) is 0 Å². The Hall–Kier alpha value is -0.770. The van der Waals surface area contributed by atoms with E-state index in [1.165, 1.54) is 11.1 Å². The quantitative estimate of drug-likeness (QED) is 0.877. The second kappa shape index (κ2) is 8.34. The molecule has 1 heterocycles. The number of amidine groups is 1. The van der Waals surface area contributed by atoms with Crippen LogP contribution in [0.3, 0.4) is 0 Å². The summed E-state index contributed by atoms with van der Waals surface area (Å²) in [7, 11) is 1.98. The molecular formula is C12H19Cl2N3. The topological polar surface area (TPSA) is 36.4 Å². The number of hydrogen-bond donors (Lipinski definition) is 2. The lowest BCUT2D eigenvalue weighted by atomic mass is 10.1. The highest BCUT2D eigenvalue weighted by atomic mass is 35.5. The van der Waals surface area contributed by atoms with Crippen LogP contribution in [0.4, 0.5) is 0 Å². The molecule has 3 nitrogen and oxygen atoms in total. The van der Waals surface area contributed by atoms with Crippen LogP contribution in [0.15, 0.2) is 29.3 Å². The third kappa shape index (κ3) is 4.54. The predicted octanol–water partition coefficient (Wildman–Crippen LogP) is 1.64. The number of rotatable bonds is 4. The minimum Gasteiger partial charge on any atom is -0.368 e. The number of nitrogens with one attached hydrogen (secondary N) is 2. The van der Waals surface area contributed by atoms with Crippen LogP contribution in [-0.2, 0) is 6.42 Å². The molecule has 1 aromatic rings. The molecule has 0 amide bonds. The van der Waals surface area contributed by atoms with E-state index in [1.807, 2.05) is 7.05 Å². The zero-order chi connectivity index (χ0) is 10.5. The summed E-state index contributed by atoms with van der Waals surface area (Å²) in [5, 5.41) is 6.42. The van der Waals surface area contributed by atoms with Crippen LogP contribution in [0.25, 0.3) is 0 Å². The van der Waals surface area contributed by atoms with Gasteiger partial charge in [-0.2, -0.15) is 0 Å². The summed E-state index contributed by atoms with van der Waals surface area (Å²) in [6.07, 6.45) is 1.08. The van der Waals surface area contributed by atoms with Gasteiger partial charge in [0.15, 0.2) is 0 Å². The summed E-state index contributed by atoms with van der Waals surface area (Å²) in [5.74, 6) is 1.04. The molecule has 0 fully saturated rings. The fraction of sp³-hybridized carbons (Fsp3) is 0.417. The summed E-state index contributed by atoms with van der Waals surface area (Å²) in [6, 6.07) is 8.63. The normalized spacial score (nSPS) is 13.1. The smallest absolute Gasteiger partial charge is 0.128 e. The van der Waals surface area contributed by atoms with Crippen LogP contribution >= 0.6 is 24.8 Å². The molecule has 0 saturated carbocycles. The molecular weight excluding hydrogens is 257 g/mol. The zero-order valence-electron chi connectivity index (χ0n) is 9.90. The molecule has 1 aliphatic heterocycles. The van der Waals surface area contributed by atoms with Crippen molar-refractivity contribution in [1.82, 2.24) is 10.6 Å². The third-order valence-corrected chi connectivity index (χ3v) is 2.57. The van der Waals surface area contributed by atoms with Gasteiger partial charge < -0.3 is 10.6 Å². The van der Waals surface area contributed by atoms with Crippen molar-refractivity contribution in [2.45, 2.75) is 6.42 Å². The van der Waals surface area contributed by atoms with Crippen molar-refractivity contribution in [3.63, 3.8) is 0 Å². The van der Waals surface area contributed by atoms with Crippen molar-refractivity contribution < 1.29 is 0 Å². The van der Waals surface area contributed by atoms with Gasteiger partial charge in [-0.25, -0.2) is 0 Å². The molecule has 0 spiro atoms. The summed E-state index contributed by atoms with van der Waals surface area (Å²) in [5.41, 5.74) is 2.56. The molecule has 2 rings (SSSR count). The number of halogens is 2. The number of hydrogen-bond acceptors (Lipinski definition) is 3. The van der Waals surface area contributed by atoms with Crippen LogP contribution in [0.1, 0.15) is 11.1 Å². The standard InChI is InChI=1S/C12H17N3.2ClH/c1-13-7-6-10-2-4-11(5-3-10)12-14-8-9-15-12;;/h2-5,13H,6-9H2,1H3,(H,14,15);2*1H. The second-order valence-electron chi connectivity index (χ2n) is 3.71. The van der Waals surface area contributed by atoms with Crippen molar-refractivity contribution in [3.05, 3.63) is 35.4 Å². The van der Waals surface area contributed by atoms with Gasteiger partial charge in [0.2, 0.25) is 0 Å². The van der Waals surface area contributed by atoms with Crippen molar-refractivity contribution in [3.8, 4) is 0 Å². The van der Waals surface area contributed by atoms with Crippen molar-refractivity contribution in [1.29, 1.82) is 0 Å². The summed E-state index contributed by atoms with van der Waals surface area (Å²) in [4.78, 5) is 4.39. The number of benzene rings is 1. The van der Waals surface area contributed by atoms with Crippen molar-refractivity contribution >= 4 is 30.6 Å². The van der Waals surface area contributed by atoms with E-state index in [0.29, 0.717) is 0 Å². The Morgan fingerprint density at radius 2 is 1.94 bits per heavy atom. The molecule has 0 bridgehead atoms. The lowest BCUT2D eigenvalue weighted by Crippen LogP contribution is -2.19. The largest absolute Gasteiger partial charge is 0.368 e. The van der Waals surface area contributed by atoms with E-state index in [0.717, 1.165) is 31.9 Å². The second-order valence-corrected chi connectivity index (χ2v) is 3.71. The molecule has 0 aromatic heterocycles. The van der Waals surface area contributed by atoms with Crippen molar-refractivity contribution in [2.24, 2.45) is 4.99 Å². The first kappa shape index (κ1) is 16.2. The molecule has 96 valence electrons.